The van der Waals surface area contributed by atoms with Crippen LogP contribution in [-0.4, -0.2) is 24.1 Å². The summed E-state index contributed by atoms with van der Waals surface area (Å²) < 4.78 is 11.9. The van der Waals surface area contributed by atoms with E-state index in [2.05, 4.69) is 10.6 Å². The van der Waals surface area contributed by atoms with E-state index >= 15 is 0 Å². The quantitative estimate of drug-likeness (QED) is 0.767. The Morgan fingerprint density at radius 3 is 2.46 bits per heavy atom. The summed E-state index contributed by atoms with van der Waals surface area (Å²) in [7, 11) is 0. The summed E-state index contributed by atoms with van der Waals surface area (Å²) in [5.41, 5.74) is 0.901. The highest BCUT2D eigenvalue weighted by atomic mass is 35.5. The molecule has 1 aliphatic carbocycles. The Balaban J connectivity index is 1.33. The molecule has 1 heterocycles. The van der Waals surface area contributed by atoms with E-state index in [-0.39, 0.29) is 17.5 Å². The minimum atomic E-state index is -0.543. The molecule has 1 fully saturated rings. The van der Waals surface area contributed by atoms with Crippen LogP contribution in [0, 0.1) is 0 Å². The van der Waals surface area contributed by atoms with Crippen LogP contribution in [-0.2, 0) is 4.79 Å². The van der Waals surface area contributed by atoms with Crippen molar-refractivity contribution >= 4 is 40.7 Å². The lowest BCUT2D eigenvalue weighted by Gasteiger charge is -2.21. The monoisotopic (exact) mass is 420 g/mol. The second kappa shape index (κ2) is 7.53. The van der Waals surface area contributed by atoms with Crippen LogP contribution < -0.4 is 20.1 Å². The van der Waals surface area contributed by atoms with E-state index in [1.807, 2.05) is 0 Å². The molecular formula is C20H18Cl2N2O4. The van der Waals surface area contributed by atoms with Crippen molar-refractivity contribution in [3.8, 4) is 11.5 Å². The van der Waals surface area contributed by atoms with Gasteiger partial charge in [0.05, 0.1) is 16.6 Å². The molecule has 1 spiro atoms. The Labute approximate surface area is 172 Å². The Kier molecular flexibility index (Phi) is 5.08. The number of halogens is 2. The second-order valence-electron chi connectivity index (χ2n) is 6.84. The number of ether oxygens (including phenoxy) is 2. The van der Waals surface area contributed by atoms with Crippen molar-refractivity contribution in [1.29, 1.82) is 0 Å². The van der Waals surface area contributed by atoms with E-state index in [9.17, 15) is 9.59 Å². The van der Waals surface area contributed by atoms with Crippen molar-refractivity contribution in [1.82, 2.24) is 5.32 Å². The van der Waals surface area contributed by atoms with Gasteiger partial charge in [0, 0.05) is 30.2 Å². The first-order chi connectivity index (χ1) is 13.4. The van der Waals surface area contributed by atoms with Crippen LogP contribution in [0.5, 0.6) is 11.5 Å². The summed E-state index contributed by atoms with van der Waals surface area (Å²) >= 11 is 11.7. The highest BCUT2D eigenvalue weighted by molar-refractivity contribution is 6.42. The number of anilines is 1. The molecule has 8 heteroatoms. The van der Waals surface area contributed by atoms with Crippen LogP contribution in [0.25, 0.3) is 0 Å². The fourth-order valence-corrected chi connectivity index (χ4v) is 3.69. The first kappa shape index (κ1) is 18.9. The lowest BCUT2D eigenvalue weighted by atomic mass is 10.2. The lowest BCUT2D eigenvalue weighted by Crippen LogP contribution is -2.34. The first-order valence-electron chi connectivity index (χ1n) is 8.99. The molecule has 1 saturated carbocycles. The highest BCUT2D eigenvalue weighted by Gasteiger charge is 2.44. The minimum Gasteiger partial charge on any atom is -0.448 e. The molecule has 1 aliphatic heterocycles. The zero-order chi connectivity index (χ0) is 19.7. The van der Waals surface area contributed by atoms with E-state index in [0.29, 0.717) is 27.8 Å². The molecule has 2 aliphatic rings. The maximum atomic E-state index is 12.2. The van der Waals surface area contributed by atoms with E-state index in [0.717, 1.165) is 25.7 Å². The van der Waals surface area contributed by atoms with Crippen molar-refractivity contribution in [3.63, 3.8) is 0 Å². The third kappa shape index (κ3) is 3.88. The van der Waals surface area contributed by atoms with Crippen molar-refractivity contribution in [2.45, 2.75) is 31.5 Å². The maximum absolute atomic E-state index is 12.2. The SMILES string of the molecule is O=C(CNC(=O)c1ccc(Cl)c(Cl)c1)Nc1ccc2c(c1)OC1(CCCC1)O2. The molecule has 0 saturated heterocycles. The number of nitrogens with one attached hydrogen (secondary N) is 2. The Morgan fingerprint density at radius 1 is 0.964 bits per heavy atom. The molecule has 0 atom stereocenters. The number of hydrogen-bond donors (Lipinski definition) is 2. The molecule has 28 heavy (non-hydrogen) atoms. The predicted octanol–water partition coefficient (Wildman–Crippen LogP) is 4.40. The molecule has 6 nitrogen and oxygen atoms in total. The smallest absolute Gasteiger partial charge is 0.251 e. The molecular weight excluding hydrogens is 403 g/mol. The second-order valence-corrected chi connectivity index (χ2v) is 7.66. The van der Waals surface area contributed by atoms with Gasteiger partial charge >= 0.3 is 0 Å². The van der Waals surface area contributed by atoms with Crippen LogP contribution in [0.2, 0.25) is 10.0 Å². The van der Waals surface area contributed by atoms with Gasteiger partial charge in [0.1, 0.15) is 0 Å². The molecule has 0 unspecified atom stereocenters. The number of fused-ring (bicyclic) bond motifs is 1. The Hall–Kier alpha value is -2.44. The third-order valence-electron chi connectivity index (χ3n) is 4.78. The van der Waals surface area contributed by atoms with Gasteiger partial charge in [-0.05, 0) is 43.2 Å². The Bertz CT molecular complexity index is 942. The van der Waals surface area contributed by atoms with E-state index in [1.54, 1.807) is 18.2 Å². The molecule has 146 valence electrons. The van der Waals surface area contributed by atoms with Gasteiger partial charge in [-0.15, -0.1) is 0 Å². The molecule has 2 amide bonds. The number of hydrogen-bond acceptors (Lipinski definition) is 4. The predicted molar refractivity (Wildman–Crippen MR) is 106 cm³/mol. The fraction of sp³-hybridized carbons (Fsp3) is 0.300. The molecule has 0 bridgehead atoms. The summed E-state index contributed by atoms with van der Waals surface area (Å²) in [5.74, 6) is -0.00324. The average molecular weight is 421 g/mol. The highest BCUT2D eigenvalue weighted by Crippen LogP contribution is 2.47. The number of carbonyl (C=O) groups is 2. The van der Waals surface area contributed by atoms with Crippen LogP contribution in [0.4, 0.5) is 5.69 Å². The zero-order valence-corrected chi connectivity index (χ0v) is 16.4. The zero-order valence-electron chi connectivity index (χ0n) is 14.9. The minimum absolute atomic E-state index is 0.183. The van der Waals surface area contributed by atoms with E-state index < -0.39 is 11.7 Å². The molecule has 2 N–H and O–H groups in total. The Morgan fingerprint density at radius 2 is 1.71 bits per heavy atom. The third-order valence-corrected chi connectivity index (χ3v) is 5.52. The molecule has 0 aromatic heterocycles. The van der Waals surface area contributed by atoms with E-state index in [1.165, 1.54) is 18.2 Å². The normalized spacial score (nSPS) is 16.2. The topological polar surface area (TPSA) is 76.7 Å². The van der Waals surface area contributed by atoms with Gasteiger partial charge in [-0.2, -0.15) is 0 Å². The van der Waals surface area contributed by atoms with Gasteiger partial charge in [0.2, 0.25) is 5.91 Å². The largest absolute Gasteiger partial charge is 0.448 e. The van der Waals surface area contributed by atoms with Crippen molar-refractivity contribution in [2.75, 3.05) is 11.9 Å². The van der Waals surface area contributed by atoms with Crippen LogP contribution in [0.15, 0.2) is 36.4 Å². The van der Waals surface area contributed by atoms with Crippen LogP contribution in [0.1, 0.15) is 36.0 Å². The lowest BCUT2D eigenvalue weighted by molar-refractivity contribution is -0.115. The summed E-state index contributed by atoms with van der Waals surface area (Å²) in [5, 5.41) is 5.93. The number of rotatable bonds is 4. The maximum Gasteiger partial charge on any atom is 0.251 e. The average Bonchev–Trinajstić information content (AvgIpc) is 3.27. The van der Waals surface area contributed by atoms with Crippen molar-refractivity contribution < 1.29 is 19.1 Å². The summed E-state index contributed by atoms with van der Waals surface area (Å²) in [6.45, 7) is -0.183. The molecule has 4 rings (SSSR count). The first-order valence-corrected chi connectivity index (χ1v) is 9.75. The number of benzene rings is 2. The van der Waals surface area contributed by atoms with Crippen molar-refractivity contribution in [2.24, 2.45) is 0 Å². The van der Waals surface area contributed by atoms with Gasteiger partial charge in [-0.3, -0.25) is 9.59 Å². The standard InChI is InChI=1S/C20H18Cl2N2O4/c21-14-5-3-12(9-15(14)22)19(26)23-11-18(25)24-13-4-6-16-17(10-13)28-20(27-16)7-1-2-8-20/h3-6,9-10H,1-2,7-8,11H2,(H,23,26)(H,24,25). The summed E-state index contributed by atoms with van der Waals surface area (Å²) in [6.07, 6.45) is 3.89. The molecule has 2 aromatic carbocycles. The van der Waals surface area contributed by atoms with Gasteiger partial charge in [-0.1, -0.05) is 23.2 Å². The van der Waals surface area contributed by atoms with Gasteiger partial charge in [0.25, 0.3) is 11.7 Å². The summed E-state index contributed by atoms with van der Waals surface area (Å²) in [6, 6.07) is 9.79. The fourth-order valence-electron chi connectivity index (χ4n) is 3.39. The summed E-state index contributed by atoms with van der Waals surface area (Å²) in [4.78, 5) is 24.3. The van der Waals surface area contributed by atoms with Gasteiger partial charge < -0.3 is 20.1 Å². The molecule has 0 radical (unpaired) electrons. The van der Waals surface area contributed by atoms with Crippen molar-refractivity contribution in [3.05, 3.63) is 52.0 Å². The van der Waals surface area contributed by atoms with Gasteiger partial charge in [-0.25, -0.2) is 0 Å². The van der Waals surface area contributed by atoms with Crippen LogP contribution >= 0.6 is 23.2 Å². The van der Waals surface area contributed by atoms with E-state index in [4.69, 9.17) is 32.7 Å². The van der Waals surface area contributed by atoms with Gasteiger partial charge in [0.15, 0.2) is 11.5 Å². The number of carbonyl (C=O) groups excluding carboxylic acids is 2. The number of amides is 2. The molecule has 2 aromatic rings. The van der Waals surface area contributed by atoms with Crippen LogP contribution in [0.3, 0.4) is 0 Å².